The van der Waals surface area contributed by atoms with Gasteiger partial charge >= 0.3 is 0 Å². The van der Waals surface area contributed by atoms with Crippen molar-refractivity contribution in [1.29, 1.82) is 0 Å². The van der Waals surface area contributed by atoms with Gasteiger partial charge in [0.1, 0.15) is 11.8 Å². The third-order valence-corrected chi connectivity index (χ3v) is 5.69. The highest BCUT2D eigenvalue weighted by molar-refractivity contribution is 6.35. The second-order valence-corrected chi connectivity index (χ2v) is 9.40. The average molecular weight is 479 g/mol. The molecule has 0 aliphatic rings. The minimum atomic E-state index is -0.697. The number of carbonyl (C=O) groups excluding carboxylic acids is 2. The summed E-state index contributed by atoms with van der Waals surface area (Å²) < 4.78 is 5.88. The Bertz CT molecular complexity index is 931. The van der Waals surface area contributed by atoms with Crippen LogP contribution in [0.5, 0.6) is 5.75 Å². The van der Waals surface area contributed by atoms with Crippen molar-refractivity contribution < 1.29 is 14.3 Å². The molecule has 0 fully saturated rings. The Labute approximate surface area is 201 Å². The van der Waals surface area contributed by atoms with E-state index in [9.17, 15) is 9.59 Å². The maximum absolute atomic E-state index is 13.2. The molecule has 2 aromatic carbocycles. The standard InChI is InChI=1S/C25H32Cl2N2O3/c1-16(2)13-28-25(31)18(5)29(14-19-10-11-20(26)12-22(19)27)24(30)15-32-23-9-7-6-8-21(23)17(3)4/h6-12,16-18H,13-15H2,1-5H3,(H,28,31). The van der Waals surface area contributed by atoms with Crippen molar-refractivity contribution in [3.05, 3.63) is 63.6 Å². The molecule has 0 aliphatic heterocycles. The summed E-state index contributed by atoms with van der Waals surface area (Å²) in [6.07, 6.45) is 0. The molecule has 0 aromatic heterocycles. The summed E-state index contributed by atoms with van der Waals surface area (Å²) in [6.45, 7) is 10.4. The van der Waals surface area contributed by atoms with Gasteiger partial charge in [-0.2, -0.15) is 0 Å². The quantitative estimate of drug-likeness (QED) is 0.477. The first kappa shape index (κ1) is 26.0. The highest BCUT2D eigenvalue weighted by Gasteiger charge is 2.27. The lowest BCUT2D eigenvalue weighted by atomic mass is 10.0. The topological polar surface area (TPSA) is 58.6 Å². The predicted octanol–water partition coefficient (Wildman–Crippen LogP) is 5.69. The van der Waals surface area contributed by atoms with Gasteiger partial charge in [-0.25, -0.2) is 0 Å². The molecule has 0 saturated heterocycles. The van der Waals surface area contributed by atoms with Gasteiger partial charge in [0.2, 0.25) is 5.91 Å². The van der Waals surface area contributed by atoms with Gasteiger partial charge in [-0.05, 0) is 48.1 Å². The van der Waals surface area contributed by atoms with Crippen LogP contribution < -0.4 is 10.1 Å². The molecule has 0 spiro atoms. The zero-order chi connectivity index (χ0) is 23.8. The largest absolute Gasteiger partial charge is 0.483 e. The van der Waals surface area contributed by atoms with Crippen LogP contribution in [0.4, 0.5) is 0 Å². The number of halogens is 2. The maximum Gasteiger partial charge on any atom is 0.261 e. The summed E-state index contributed by atoms with van der Waals surface area (Å²) >= 11 is 12.3. The summed E-state index contributed by atoms with van der Waals surface area (Å²) in [6, 6.07) is 12.1. The fourth-order valence-corrected chi connectivity index (χ4v) is 3.65. The first-order valence-corrected chi connectivity index (χ1v) is 11.6. The van der Waals surface area contributed by atoms with Gasteiger partial charge < -0.3 is 15.0 Å². The second-order valence-electron chi connectivity index (χ2n) is 8.55. The fraction of sp³-hybridized carbons (Fsp3) is 0.440. The number of benzene rings is 2. The number of nitrogens with zero attached hydrogens (tertiary/aromatic N) is 1. The smallest absolute Gasteiger partial charge is 0.261 e. The number of hydrogen-bond acceptors (Lipinski definition) is 3. The SMILES string of the molecule is CC(C)CNC(=O)C(C)N(Cc1ccc(Cl)cc1Cl)C(=O)COc1ccccc1C(C)C. The first-order chi connectivity index (χ1) is 15.1. The number of para-hydroxylation sites is 1. The molecule has 0 bridgehead atoms. The second kappa shape index (κ2) is 12.1. The van der Waals surface area contributed by atoms with Crippen molar-refractivity contribution in [1.82, 2.24) is 10.2 Å². The van der Waals surface area contributed by atoms with E-state index < -0.39 is 6.04 Å². The van der Waals surface area contributed by atoms with Crippen LogP contribution in [0, 0.1) is 5.92 Å². The molecule has 0 saturated carbocycles. The molecule has 2 amide bonds. The summed E-state index contributed by atoms with van der Waals surface area (Å²) in [5.74, 6) is 0.696. The summed E-state index contributed by atoms with van der Waals surface area (Å²) in [5, 5.41) is 3.85. The van der Waals surface area contributed by atoms with Crippen LogP contribution in [0.1, 0.15) is 51.7 Å². The molecular formula is C25H32Cl2N2O3. The van der Waals surface area contributed by atoms with Gasteiger partial charge in [0.25, 0.3) is 5.91 Å². The summed E-state index contributed by atoms with van der Waals surface area (Å²) in [5.41, 5.74) is 1.73. The highest BCUT2D eigenvalue weighted by atomic mass is 35.5. The Morgan fingerprint density at radius 3 is 2.34 bits per heavy atom. The molecule has 174 valence electrons. The molecule has 0 aliphatic carbocycles. The lowest BCUT2D eigenvalue weighted by molar-refractivity contribution is -0.142. The molecule has 1 atom stereocenters. The summed E-state index contributed by atoms with van der Waals surface area (Å²) in [7, 11) is 0. The van der Waals surface area contributed by atoms with E-state index in [2.05, 4.69) is 19.2 Å². The van der Waals surface area contributed by atoms with Crippen LogP contribution in [0.2, 0.25) is 10.0 Å². The van der Waals surface area contributed by atoms with Crippen LogP contribution in [-0.4, -0.2) is 35.9 Å². The van der Waals surface area contributed by atoms with Crippen molar-refractivity contribution >= 4 is 35.0 Å². The van der Waals surface area contributed by atoms with Crippen molar-refractivity contribution in [2.75, 3.05) is 13.2 Å². The Balaban J connectivity index is 2.22. The third-order valence-electron chi connectivity index (χ3n) is 5.10. The predicted molar refractivity (Wildman–Crippen MR) is 130 cm³/mol. The van der Waals surface area contributed by atoms with Gasteiger partial charge in [-0.1, -0.05) is 75.2 Å². The van der Waals surface area contributed by atoms with Crippen LogP contribution in [0.15, 0.2) is 42.5 Å². The highest BCUT2D eigenvalue weighted by Crippen LogP contribution is 2.26. The lowest BCUT2D eigenvalue weighted by Gasteiger charge is -2.29. The van der Waals surface area contributed by atoms with E-state index in [-0.39, 0.29) is 30.9 Å². The summed E-state index contributed by atoms with van der Waals surface area (Å²) in [4.78, 5) is 27.4. The molecule has 1 N–H and O–H groups in total. The molecule has 32 heavy (non-hydrogen) atoms. The van der Waals surface area contributed by atoms with Crippen LogP contribution >= 0.6 is 23.2 Å². The van der Waals surface area contributed by atoms with E-state index in [1.807, 2.05) is 38.1 Å². The number of ether oxygens (including phenoxy) is 1. The van der Waals surface area contributed by atoms with Crippen LogP contribution in [0.25, 0.3) is 0 Å². The van der Waals surface area contributed by atoms with E-state index in [0.717, 1.165) is 5.56 Å². The van der Waals surface area contributed by atoms with Crippen LogP contribution in [0.3, 0.4) is 0 Å². The number of rotatable bonds is 10. The minimum absolute atomic E-state index is 0.167. The zero-order valence-electron chi connectivity index (χ0n) is 19.3. The molecule has 0 radical (unpaired) electrons. The molecule has 1 unspecified atom stereocenters. The molecule has 5 nitrogen and oxygen atoms in total. The number of carbonyl (C=O) groups is 2. The monoisotopic (exact) mass is 478 g/mol. The van der Waals surface area contributed by atoms with Gasteiger partial charge in [0.15, 0.2) is 6.61 Å². The van der Waals surface area contributed by atoms with E-state index in [1.54, 1.807) is 25.1 Å². The minimum Gasteiger partial charge on any atom is -0.483 e. The van der Waals surface area contributed by atoms with Crippen molar-refractivity contribution in [3.8, 4) is 5.75 Å². The van der Waals surface area contributed by atoms with Crippen molar-refractivity contribution in [2.45, 2.75) is 53.1 Å². The maximum atomic E-state index is 13.2. The van der Waals surface area contributed by atoms with Gasteiger partial charge in [-0.15, -0.1) is 0 Å². The normalized spacial score (nSPS) is 12.0. The first-order valence-electron chi connectivity index (χ1n) is 10.8. The van der Waals surface area contributed by atoms with E-state index >= 15 is 0 Å². The Morgan fingerprint density at radius 2 is 1.72 bits per heavy atom. The molecule has 7 heteroatoms. The number of hydrogen-bond donors (Lipinski definition) is 1. The van der Waals surface area contributed by atoms with Gasteiger partial charge in [-0.3, -0.25) is 9.59 Å². The Kier molecular flexibility index (Phi) is 9.85. The number of amides is 2. The number of nitrogens with one attached hydrogen (secondary N) is 1. The van der Waals surface area contributed by atoms with Crippen molar-refractivity contribution in [3.63, 3.8) is 0 Å². The van der Waals surface area contributed by atoms with Crippen molar-refractivity contribution in [2.24, 2.45) is 5.92 Å². The van der Waals surface area contributed by atoms with E-state index in [0.29, 0.717) is 33.8 Å². The molecular weight excluding hydrogens is 447 g/mol. The average Bonchev–Trinajstić information content (AvgIpc) is 2.74. The lowest BCUT2D eigenvalue weighted by Crippen LogP contribution is -2.49. The molecule has 2 aromatic rings. The molecule has 2 rings (SSSR count). The van der Waals surface area contributed by atoms with Crippen LogP contribution in [-0.2, 0) is 16.1 Å². The molecule has 0 heterocycles. The van der Waals surface area contributed by atoms with E-state index in [1.165, 1.54) is 4.90 Å². The van der Waals surface area contributed by atoms with E-state index in [4.69, 9.17) is 27.9 Å². The van der Waals surface area contributed by atoms with Gasteiger partial charge in [0.05, 0.1) is 0 Å². The van der Waals surface area contributed by atoms with Gasteiger partial charge in [0, 0.05) is 23.1 Å². The Hall–Kier alpha value is -2.24. The fourth-order valence-electron chi connectivity index (χ4n) is 3.18. The zero-order valence-corrected chi connectivity index (χ0v) is 20.8. The Morgan fingerprint density at radius 1 is 1.03 bits per heavy atom. The third kappa shape index (κ3) is 7.42.